The Bertz CT molecular complexity index is 1380. The number of alkyl halides is 1. The van der Waals surface area contributed by atoms with Gasteiger partial charge in [0.2, 0.25) is 0 Å². The maximum Gasteiger partial charge on any atom is 0.270 e. The zero-order valence-corrected chi connectivity index (χ0v) is 23.0. The van der Waals surface area contributed by atoms with E-state index in [0.717, 1.165) is 55.1 Å². The highest BCUT2D eigenvalue weighted by molar-refractivity contribution is 5.92. The first-order valence-corrected chi connectivity index (χ1v) is 13.9. The van der Waals surface area contributed by atoms with E-state index in [2.05, 4.69) is 32.7 Å². The molecule has 1 N–H and O–H groups in total. The zero-order chi connectivity index (χ0) is 28.8. The molecule has 41 heavy (non-hydrogen) atoms. The maximum absolute atomic E-state index is 15.0. The van der Waals surface area contributed by atoms with Crippen molar-refractivity contribution in [2.45, 2.75) is 31.7 Å². The van der Waals surface area contributed by atoms with Crippen LogP contribution in [0.1, 0.15) is 39.2 Å². The van der Waals surface area contributed by atoms with Crippen LogP contribution < -0.4 is 5.32 Å². The largest absolute Gasteiger partial charge is 0.369 e. The summed E-state index contributed by atoms with van der Waals surface area (Å²) in [4.78, 5) is 23.8. The molecule has 7 nitrogen and oxygen atoms in total. The average molecular weight is 557 g/mol. The molecular formula is C32H34F2N6O. The van der Waals surface area contributed by atoms with Gasteiger partial charge in [0.05, 0.1) is 17.7 Å². The van der Waals surface area contributed by atoms with Gasteiger partial charge in [0, 0.05) is 69.8 Å². The number of piperidine rings is 1. The van der Waals surface area contributed by atoms with E-state index in [4.69, 9.17) is 5.26 Å². The van der Waals surface area contributed by atoms with Crippen molar-refractivity contribution in [3.05, 3.63) is 107 Å². The molecular weight excluding hydrogens is 522 g/mol. The SMILES string of the molecule is C=C(c1ccc(C(=O)NC2CCN(Cc3ccc(C#N)cc3)CC2F)nc1)N1CCN(Cc2ccc(F)cc2)CC1. The number of hydrogen-bond donors (Lipinski definition) is 1. The molecule has 2 fully saturated rings. The highest BCUT2D eigenvalue weighted by Gasteiger charge is 2.31. The van der Waals surface area contributed by atoms with Crippen LogP contribution in [0.15, 0.2) is 73.4 Å². The third kappa shape index (κ3) is 7.34. The first-order valence-electron chi connectivity index (χ1n) is 13.9. The number of nitriles is 1. The number of nitrogens with one attached hydrogen (secondary N) is 1. The number of piperazine rings is 1. The molecule has 2 unspecified atom stereocenters. The molecule has 2 aliphatic heterocycles. The minimum absolute atomic E-state index is 0.226. The smallest absolute Gasteiger partial charge is 0.270 e. The summed E-state index contributed by atoms with van der Waals surface area (Å²) in [5, 5.41) is 11.8. The summed E-state index contributed by atoms with van der Waals surface area (Å²) < 4.78 is 28.1. The van der Waals surface area contributed by atoms with Crippen molar-refractivity contribution < 1.29 is 13.6 Å². The number of amides is 1. The summed E-state index contributed by atoms with van der Waals surface area (Å²) in [7, 11) is 0. The van der Waals surface area contributed by atoms with E-state index in [0.29, 0.717) is 25.1 Å². The van der Waals surface area contributed by atoms with Gasteiger partial charge in [-0.1, -0.05) is 30.8 Å². The second-order valence-electron chi connectivity index (χ2n) is 10.7. The predicted octanol–water partition coefficient (Wildman–Crippen LogP) is 4.22. The third-order valence-electron chi connectivity index (χ3n) is 7.83. The quantitative estimate of drug-likeness (QED) is 0.448. The number of benzene rings is 2. The van der Waals surface area contributed by atoms with Gasteiger partial charge >= 0.3 is 0 Å². The lowest BCUT2D eigenvalue weighted by Crippen LogP contribution is -2.52. The van der Waals surface area contributed by atoms with E-state index in [1.807, 2.05) is 35.2 Å². The Morgan fingerprint density at radius 2 is 1.61 bits per heavy atom. The van der Waals surface area contributed by atoms with Gasteiger partial charge in [-0.25, -0.2) is 8.78 Å². The number of hydrogen-bond acceptors (Lipinski definition) is 6. The van der Waals surface area contributed by atoms with Crippen molar-refractivity contribution in [1.82, 2.24) is 25.0 Å². The van der Waals surface area contributed by atoms with E-state index in [1.165, 1.54) is 12.1 Å². The molecule has 0 bridgehead atoms. The summed E-state index contributed by atoms with van der Waals surface area (Å²) in [6.07, 6.45) is 0.965. The Balaban J connectivity index is 1.07. The molecule has 9 heteroatoms. The average Bonchev–Trinajstić information content (AvgIpc) is 3.00. The van der Waals surface area contributed by atoms with Crippen molar-refractivity contribution in [2.24, 2.45) is 0 Å². The van der Waals surface area contributed by atoms with Crippen molar-refractivity contribution in [2.75, 3.05) is 39.3 Å². The summed E-state index contributed by atoms with van der Waals surface area (Å²) in [6, 6.07) is 19.0. The van der Waals surface area contributed by atoms with Gasteiger partial charge in [0.1, 0.15) is 17.7 Å². The first kappa shape index (κ1) is 28.4. The molecule has 212 valence electrons. The molecule has 0 saturated carbocycles. The maximum atomic E-state index is 15.0. The van der Waals surface area contributed by atoms with Crippen molar-refractivity contribution in [3.63, 3.8) is 0 Å². The molecule has 0 spiro atoms. The summed E-state index contributed by atoms with van der Waals surface area (Å²) >= 11 is 0. The van der Waals surface area contributed by atoms with Crippen LogP contribution >= 0.6 is 0 Å². The van der Waals surface area contributed by atoms with Gasteiger partial charge in [0.15, 0.2) is 0 Å². The van der Waals surface area contributed by atoms with Crippen LogP contribution in [0.2, 0.25) is 0 Å². The highest BCUT2D eigenvalue weighted by atomic mass is 19.1. The van der Waals surface area contributed by atoms with E-state index in [1.54, 1.807) is 24.4 Å². The molecule has 2 aliphatic rings. The fourth-order valence-electron chi connectivity index (χ4n) is 5.36. The minimum Gasteiger partial charge on any atom is -0.369 e. The molecule has 2 atom stereocenters. The second kappa shape index (κ2) is 13.0. The molecule has 2 saturated heterocycles. The Hall–Kier alpha value is -4.13. The number of carbonyl (C=O) groups is 1. The number of aromatic nitrogens is 1. The summed E-state index contributed by atoms with van der Waals surface area (Å²) in [6.45, 7) is 9.86. The molecule has 1 amide bonds. The van der Waals surface area contributed by atoms with Gasteiger partial charge in [-0.2, -0.15) is 5.26 Å². The molecule has 3 heterocycles. The van der Waals surface area contributed by atoms with Gasteiger partial charge in [-0.3, -0.25) is 19.6 Å². The van der Waals surface area contributed by atoms with Gasteiger partial charge in [0.25, 0.3) is 5.91 Å². The topological polar surface area (TPSA) is 75.5 Å². The van der Waals surface area contributed by atoms with Gasteiger partial charge < -0.3 is 10.2 Å². The lowest BCUT2D eigenvalue weighted by atomic mass is 10.0. The summed E-state index contributed by atoms with van der Waals surface area (Å²) in [5.41, 5.74) is 4.65. The van der Waals surface area contributed by atoms with Crippen LogP contribution in [0.3, 0.4) is 0 Å². The normalized spacial score (nSPS) is 19.9. The Morgan fingerprint density at radius 1 is 0.951 bits per heavy atom. The molecule has 5 rings (SSSR count). The van der Waals surface area contributed by atoms with Gasteiger partial charge in [-0.15, -0.1) is 0 Å². The fourth-order valence-corrected chi connectivity index (χ4v) is 5.36. The second-order valence-corrected chi connectivity index (χ2v) is 10.7. The van der Waals surface area contributed by atoms with Crippen LogP contribution in [0.4, 0.5) is 8.78 Å². The zero-order valence-electron chi connectivity index (χ0n) is 23.0. The van der Waals surface area contributed by atoms with Gasteiger partial charge in [-0.05, 0) is 53.9 Å². The highest BCUT2D eigenvalue weighted by Crippen LogP contribution is 2.21. The number of nitrogens with zero attached hydrogens (tertiary/aromatic N) is 5. The first-order chi connectivity index (χ1) is 19.9. The van der Waals surface area contributed by atoms with Crippen molar-refractivity contribution in [1.29, 1.82) is 5.26 Å². The lowest BCUT2D eigenvalue weighted by molar-refractivity contribution is 0.0757. The van der Waals surface area contributed by atoms with E-state index in [9.17, 15) is 13.6 Å². The Kier molecular flexibility index (Phi) is 9.02. The third-order valence-corrected chi connectivity index (χ3v) is 7.83. The monoisotopic (exact) mass is 556 g/mol. The van der Waals surface area contributed by atoms with Crippen LogP contribution in [0, 0.1) is 17.1 Å². The van der Waals surface area contributed by atoms with Crippen molar-refractivity contribution in [3.8, 4) is 6.07 Å². The number of pyridine rings is 1. The van der Waals surface area contributed by atoms with E-state index >= 15 is 0 Å². The number of halogens is 2. The number of carbonyl (C=O) groups excluding carboxylic acids is 1. The van der Waals surface area contributed by atoms with Crippen LogP contribution in [-0.4, -0.2) is 77.1 Å². The molecule has 2 aromatic carbocycles. The van der Waals surface area contributed by atoms with Crippen molar-refractivity contribution >= 4 is 11.6 Å². The minimum atomic E-state index is -1.19. The lowest BCUT2D eigenvalue weighted by Gasteiger charge is -2.37. The molecule has 3 aromatic rings. The standard InChI is InChI=1S/C32H34F2N6O/c1-23(40-16-14-38(15-17-40)20-26-6-9-28(33)10-7-26)27-8-11-31(36-19-27)32(41)37-30-12-13-39(22-29(30)34)21-25-4-2-24(18-35)3-5-25/h2-11,19,29-30H,1,12-17,20-22H2,(H,37,41). The molecule has 0 aliphatic carbocycles. The summed E-state index contributed by atoms with van der Waals surface area (Å²) in [5.74, 6) is -0.610. The van der Waals surface area contributed by atoms with Crippen LogP contribution in [0.25, 0.3) is 5.70 Å². The van der Waals surface area contributed by atoms with Crippen LogP contribution in [-0.2, 0) is 13.1 Å². The molecule has 0 radical (unpaired) electrons. The Labute approximate surface area is 239 Å². The van der Waals surface area contributed by atoms with E-state index in [-0.39, 0.29) is 24.0 Å². The number of rotatable bonds is 8. The van der Waals surface area contributed by atoms with Crippen LogP contribution in [0.5, 0.6) is 0 Å². The van der Waals surface area contributed by atoms with E-state index < -0.39 is 12.2 Å². The molecule has 1 aromatic heterocycles. The number of likely N-dealkylation sites (tertiary alicyclic amines) is 1. The Morgan fingerprint density at radius 3 is 2.22 bits per heavy atom. The predicted molar refractivity (Wildman–Crippen MR) is 154 cm³/mol. The fraction of sp³-hybridized carbons (Fsp3) is 0.344.